The summed E-state index contributed by atoms with van der Waals surface area (Å²) in [6, 6.07) is 5.56. The summed E-state index contributed by atoms with van der Waals surface area (Å²) in [5, 5.41) is 3.21. The lowest BCUT2D eigenvalue weighted by atomic mass is 9.97. The van der Waals surface area contributed by atoms with E-state index >= 15 is 0 Å². The van der Waals surface area contributed by atoms with Crippen molar-refractivity contribution in [3.05, 3.63) is 113 Å². The van der Waals surface area contributed by atoms with Crippen LogP contribution in [-0.2, 0) is 24.7 Å². The van der Waals surface area contributed by atoms with E-state index in [1.54, 1.807) is 22.9 Å². The van der Waals surface area contributed by atoms with Gasteiger partial charge in [-0.1, -0.05) is 0 Å². The molecule has 0 saturated carbocycles. The van der Waals surface area contributed by atoms with Crippen molar-refractivity contribution < 1.29 is 52.7 Å². The molecule has 7 rings (SSSR count). The lowest BCUT2D eigenvalue weighted by Gasteiger charge is -2.15. The van der Waals surface area contributed by atoms with E-state index in [1.165, 1.54) is 22.7 Å². The molecule has 0 radical (unpaired) electrons. The molecule has 15 heteroatoms. The van der Waals surface area contributed by atoms with Crippen LogP contribution in [0.25, 0.3) is 32.0 Å². The Morgan fingerprint density at radius 2 is 0.733 bits per heavy atom. The Balaban J connectivity index is 1.59. The van der Waals surface area contributed by atoms with Crippen LogP contribution in [0.4, 0.5) is 52.7 Å². The molecule has 0 saturated heterocycles. The summed E-state index contributed by atoms with van der Waals surface area (Å²) in [7, 11) is 0. The van der Waals surface area contributed by atoms with E-state index < -0.39 is 47.0 Å². The fourth-order valence-corrected chi connectivity index (χ4v) is 9.16. The fourth-order valence-electron chi connectivity index (χ4n) is 5.63. The second-order valence-electron chi connectivity index (χ2n) is 10.2. The minimum Gasteiger partial charge on any atom is -0.166 e. The van der Waals surface area contributed by atoms with Crippen molar-refractivity contribution in [3.63, 3.8) is 0 Å². The average molecular weight is 695 g/mol. The molecule has 0 bridgehead atoms. The summed E-state index contributed by atoms with van der Waals surface area (Å²) in [5.74, 6) is 0. The molecule has 0 N–H and O–H groups in total. The standard InChI is InChI=1S/C30H10F12S3/c31-27(32,33)13-5-11(6-14(9-13)28(34,35)36)19-17-1-3-43-23(17)21-22-24-18(2-4-44-24)20(26(22)45-25(19)21)12-7-15(29(37,38)39)10-16(8-12)30(40,41)42/h1-10H. The van der Waals surface area contributed by atoms with Crippen molar-refractivity contribution in [3.8, 4) is 20.9 Å². The van der Waals surface area contributed by atoms with E-state index in [0.717, 1.165) is 11.3 Å². The van der Waals surface area contributed by atoms with Gasteiger partial charge >= 0.3 is 24.7 Å². The number of hydrogen-bond donors (Lipinski definition) is 0. The van der Waals surface area contributed by atoms with Gasteiger partial charge in [-0.15, -0.1) is 34.0 Å². The molecule has 45 heavy (non-hydrogen) atoms. The lowest BCUT2D eigenvalue weighted by Crippen LogP contribution is -2.13. The number of benzene rings is 2. The van der Waals surface area contributed by atoms with Crippen LogP contribution in [0, 0.1) is 0 Å². The van der Waals surface area contributed by atoms with Crippen LogP contribution < -0.4 is 9.06 Å². The van der Waals surface area contributed by atoms with Crippen molar-refractivity contribution in [2.24, 2.45) is 0 Å². The molecule has 0 fully saturated rings. The number of fused-ring (bicyclic) bond motifs is 7. The third-order valence-corrected chi connectivity index (χ3v) is 10.5. The Hall–Kier alpha value is -3.56. The number of hydrogen-bond acceptors (Lipinski definition) is 3. The second-order valence-corrected chi connectivity index (χ2v) is 13.0. The Morgan fingerprint density at radius 3 is 1.02 bits per heavy atom. The molecule has 3 aromatic heterocycles. The van der Waals surface area contributed by atoms with Crippen LogP contribution in [0.15, 0.2) is 59.3 Å². The van der Waals surface area contributed by atoms with E-state index in [-0.39, 0.29) is 43.5 Å². The molecule has 232 valence electrons. The van der Waals surface area contributed by atoms with Crippen LogP contribution in [0.2, 0.25) is 0 Å². The molecule has 0 amide bonds. The summed E-state index contributed by atoms with van der Waals surface area (Å²) in [6.45, 7) is 0. The molecular weight excluding hydrogens is 685 g/mol. The van der Waals surface area contributed by atoms with E-state index in [9.17, 15) is 52.7 Å². The zero-order chi connectivity index (χ0) is 32.4. The zero-order valence-electron chi connectivity index (χ0n) is 21.5. The minimum absolute atomic E-state index is 0.0124. The summed E-state index contributed by atoms with van der Waals surface area (Å²) in [4.78, 5) is 1.04. The van der Waals surface area contributed by atoms with Gasteiger partial charge < -0.3 is 0 Å². The molecule has 5 aromatic rings. The quantitative estimate of drug-likeness (QED) is 0.158. The Labute approximate surface area is 255 Å². The summed E-state index contributed by atoms with van der Waals surface area (Å²) in [6.07, 6.45) is -20.4. The van der Waals surface area contributed by atoms with Gasteiger partial charge in [-0.3, -0.25) is 0 Å². The molecule has 2 aliphatic carbocycles. The van der Waals surface area contributed by atoms with Crippen LogP contribution in [0.1, 0.15) is 44.5 Å². The second kappa shape index (κ2) is 9.48. The van der Waals surface area contributed by atoms with Crippen molar-refractivity contribution >= 4 is 45.2 Å². The summed E-state index contributed by atoms with van der Waals surface area (Å²) >= 11 is 3.24. The first kappa shape index (κ1) is 30.1. The van der Waals surface area contributed by atoms with Crippen LogP contribution >= 0.6 is 34.0 Å². The lowest BCUT2D eigenvalue weighted by molar-refractivity contribution is -0.144. The molecule has 0 nitrogen and oxygen atoms in total. The maximum absolute atomic E-state index is 13.8. The third-order valence-electron chi connectivity index (χ3n) is 7.44. The van der Waals surface area contributed by atoms with Gasteiger partial charge in [-0.2, -0.15) is 52.7 Å². The van der Waals surface area contributed by atoms with E-state index in [0.29, 0.717) is 56.3 Å². The Morgan fingerprint density at radius 1 is 0.422 bits per heavy atom. The number of thiophene rings is 3. The number of alkyl halides is 12. The van der Waals surface area contributed by atoms with Gasteiger partial charge in [0.15, 0.2) is 0 Å². The molecule has 0 atom stereocenters. The fraction of sp³-hybridized carbons (Fsp3) is 0.133. The van der Waals surface area contributed by atoms with Crippen molar-refractivity contribution in [1.29, 1.82) is 0 Å². The van der Waals surface area contributed by atoms with Gasteiger partial charge in [0.25, 0.3) is 0 Å². The van der Waals surface area contributed by atoms with E-state index in [2.05, 4.69) is 0 Å². The van der Waals surface area contributed by atoms with Crippen molar-refractivity contribution in [2.45, 2.75) is 24.7 Å². The molecule has 0 aliphatic heterocycles. The van der Waals surface area contributed by atoms with Gasteiger partial charge in [0.2, 0.25) is 0 Å². The van der Waals surface area contributed by atoms with Gasteiger partial charge in [0.05, 0.1) is 22.3 Å². The molecular formula is C30H10F12S3. The first-order valence-electron chi connectivity index (χ1n) is 12.5. The monoisotopic (exact) mass is 694 g/mol. The highest BCUT2D eigenvalue weighted by Gasteiger charge is 2.41. The van der Waals surface area contributed by atoms with Gasteiger partial charge in [0.1, 0.15) is 0 Å². The maximum Gasteiger partial charge on any atom is 0.416 e. The Bertz CT molecular complexity index is 1950. The highest BCUT2D eigenvalue weighted by atomic mass is 32.1. The maximum atomic E-state index is 13.8. The Kier molecular flexibility index (Phi) is 6.35. The summed E-state index contributed by atoms with van der Waals surface area (Å²) < 4.78 is 166. The smallest absolute Gasteiger partial charge is 0.166 e. The highest BCUT2D eigenvalue weighted by molar-refractivity contribution is 7.17. The first-order valence-corrected chi connectivity index (χ1v) is 15.1. The zero-order valence-corrected chi connectivity index (χ0v) is 24.0. The molecule has 3 heterocycles. The number of rotatable bonds is 2. The van der Waals surface area contributed by atoms with Crippen LogP contribution in [-0.4, -0.2) is 0 Å². The molecule has 2 aromatic carbocycles. The summed E-state index contributed by atoms with van der Waals surface area (Å²) in [5.41, 5.74) is -5.03. The normalized spacial score (nSPS) is 14.6. The predicted octanol–water partition coefficient (Wildman–Crippen LogP) is 10.4. The van der Waals surface area contributed by atoms with E-state index in [1.807, 2.05) is 0 Å². The van der Waals surface area contributed by atoms with Crippen molar-refractivity contribution in [2.75, 3.05) is 0 Å². The topological polar surface area (TPSA) is 0 Å². The predicted molar refractivity (Wildman–Crippen MR) is 146 cm³/mol. The highest BCUT2D eigenvalue weighted by Crippen LogP contribution is 2.51. The minimum atomic E-state index is -5.11. The SMILES string of the molecule is FC(F)(F)c1cc(C2=c3sc4c(c3-c3sccc32)-c2sccc2C=4c2cc(C(F)(F)F)cc(C(F)(F)F)c2)cc(C(F)(F)F)c1. The first-order chi connectivity index (χ1) is 20.8. The largest absolute Gasteiger partial charge is 0.416 e. The van der Waals surface area contributed by atoms with Gasteiger partial charge in [0, 0.05) is 52.2 Å². The number of halogens is 12. The van der Waals surface area contributed by atoms with E-state index in [4.69, 9.17) is 0 Å². The third kappa shape index (κ3) is 4.73. The van der Waals surface area contributed by atoms with Crippen LogP contribution in [0.5, 0.6) is 0 Å². The van der Waals surface area contributed by atoms with Crippen molar-refractivity contribution in [1.82, 2.24) is 0 Å². The van der Waals surface area contributed by atoms with Crippen LogP contribution in [0.3, 0.4) is 0 Å². The van der Waals surface area contributed by atoms with Gasteiger partial charge in [-0.05, 0) is 70.4 Å². The molecule has 0 unspecified atom stereocenters. The average Bonchev–Trinajstić information content (AvgIpc) is 3.71. The molecule has 2 aliphatic rings. The molecule has 0 spiro atoms. The van der Waals surface area contributed by atoms with Gasteiger partial charge in [-0.25, -0.2) is 0 Å².